The summed E-state index contributed by atoms with van der Waals surface area (Å²) in [6.45, 7) is 6.92. The van der Waals surface area contributed by atoms with Gasteiger partial charge in [0.05, 0.1) is 18.9 Å². The van der Waals surface area contributed by atoms with E-state index < -0.39 is 5.60 Å². The van der Waals surface area contributed by atoms with E-state index in [-0.39, 0.29) is 12.1 Å². The van der Waals surface area contributed by atoms with Gasteiger partial charge in [0.1, 0.15) is 5.60 Å². The average Bonchev–Trinajstić information content (AvgIpc) is 3.11. The van der Waals surface area contributed by atoms with E-state index in [2.05, 4.69) is 10.4 Å². The molecule has 0 aliphatic rings. The number of aryl methyl sites for hydroxylation is 1. The summed E-state index contributed by atoms with van der Waals surface area (Å²) in [6.07, 6.45) is 6.20. The molecule has 0 unspecified atom stereocenters. The van der Waals surface area contributed by atoms with E-state index in [4.69, 9.17) is 9.47 Å². The number of nitrogens with zero attached hydrogens (tertiary/aromatic N) is 2. The molecule has 0 aliphatic carbocycles. The van der Waals surface area contributed by atoms with Crippen LogP contribution in [0.1, 0.15) is 50.4 Å². The predicted molar refractivity (Wildman–Crippen MR) is 107 cm³/mol. The van der Waals surface area contributed by atoms with Crippen LogP contribution in [-0.4, -0.2) is 41.1 Å². The fourth-order valence-corrected chi connectivity index (χ4v) is 2.66. The molecule has 2 rings (SSSR count). The van der Waals surface area contributed by atoms with Crippen LogP contribution in [0.5, 0.6) is 0 Å². The zero-order valence-corrected chi connectivity index (χ0v) is 17.0. The van der Waals surface area contributed by atoms with Crippen molar-refractivity contribution in [3.8, 4) is 11.1 Å². The average molecular weight is 387 g/mol. The molecule has 1 heterocycles. The molecule has 7 heteroatoms. The highest BCUT2D eigenvalue weighted by atomic mass is 16.6. The van der Waals surface area contributed by atoms with Crippen LogP contribution in [0, 0.1) is 0 Å². The van der Waals surface area contributed by atoms with Crippen molar-refractivity contribution in [1.29, 1.82) is 0 Å². The standard InChI is InChI=1S/C21H29N3O4/c1-21(2,3)28-20(26)22-11-6-5-7-12-24-15-18(14-23-24)16-9-8-10-17(13-16)19(25)27-4/h8-10,13-15H,5-7,11-12H2,1-4H3,(H,22,26). The van der Waals surface area contributed by atoms with E-state index in [9.17, 15) is 9.59 Å². The summed E-state index contributed by atoms with van der Waals surface area (Å²) < 4.78 is 11.8. The molecular formula is C21H29N3O4. The van der Waals surface area contributed by atoms with Crippen LogP contribution in [-0.2, 0) is 16.0 Å². The lowest BCUT2D eigenvalue weighted by Crippen LogP contribution is -2.33. The Kier molecular flexibility index (Phi) is 7.61. The third-order valence-electron chi connectivity index (χ3n) is 3.98. The molecule has 2 aromatic rings. The Morgan fingerprint density at radius 2 is 1.93 bits per heavy atom. The maximum absolute atomic E-state index is 11.7. The Morgan fingerprint density at radius 3 is 2.64 bits per heavy atom. The largest absolute Gasteiger partial charge is 0.465 e. The lowest BCUT2D eigenvalue weighted by molar-refractivity contribution is 0.0525. The SMILES string of the molecule is COC(=O)c1cccc(-c2cnn(CCCCCNC(=O)OC(C)(C)C)c2)c1. The second-order valence-electron chi connectivity index (χ2n) is 7.55. The van der Waals surface area contributed by atoms with Crippen molar-refractivity contribution in [3.05, 3.63) is 42.2 Å². The van der Waals surface area contributed by atoms with Gasteiger partial charge in [-0.2, -0.15) is 5.10 Å². The second-order valence-corrected chi connectivity index (χ2v) is 7.55. The molecule has 1 aromatic carbocycles. The van der Waals surface area contributed by atoms with Crippen molar-refractivity contribution in [1.82, 2.24) is 15.1 Å². The van der Waals surface area contributed by atoms with Crippen LogP contribution >= 0.6 is 0 Å². The Hall–Kier alpha value is -2.83. The number of carbonyl (C=O) groups excluding carboxylic acids is 2. The number of hydrogen-bond acceptors (Lipinski definition) is 5. The monoisotopic (exact) mass is 387 g/mol. The van der Waals surface area contributed by atoms with Gasteiger partial charge >= 0.3 is 12.1 Å². The van der Waals surface area contributed by atoms with Crippen LogP contribution in [0.3, 0.4) is 0 Å². The van der Waals surface area contributed by atoms with Crippen LogP contribution in [0.15, 0.2) is 36.7 Å². The summed E-state index contributed by atoms with van der Waals surface area (Å²) in [4.78, 5) is 23.2. The number of aromatic nitrogens is 2. The number of unbranched alkanes of at least 4 members (excludes halogenated alkanes) is 2. The van der Waals surface area contributed by atoms with E-state index in [1.165, 1.54) is 7.11 Å². The first kappa shape index (κ1) is 21.5. The van der Waals surface area contributed by atoms with Gasteiger partial charge in [0.25, 0.3) is 0 Å². The first-order valence-electron chi connectivity index (χ1n) is 9.46. The number of hydrogen-bond donors (Lipinski definition) is 1. The van der Waals surface area contributed by atoms with Gasteiger partial charge in [-0.3, -0.25) is 4.68 Å². The van der Waals surface area contributed by atoms with Gasteiger partial charge in [-0.25, -0.2) is 9.59 Å². The van der Waals surface area contributed by atoms with Crippen LogP contribution < -0.4 is 5.32 Å². The Balaban J connectivity index is 1.74. The van der Waals surface area contributed by atoms with E-state index in [0.29, 0.717) is 12.1 Å². The minimum Gasteiger partial charge on any atom is -0.465 e. The number of amides is 1. The van der Waals surface area contributed by atoms with E-state index in [1.54, 1.807) is 18.3 Å². The summed E-state index contributed by atoms with van der Waals surface area (Å²) in [6, 6.07) is 7.30. The normalized spacial score (nSPS) is 11.1. The number of methoxy groups -OCH3 is 1. The number of rotatable bonds is 8. The lowest BCUT2D eigenvalue weighted by Gasteiger charge is -2.19. The lowest BCUT2D eigenvalue weighted by atomic mass is 10.1. The van der Waals surface area contributed by atoms with Crippen molar-refractivity contribution >= 4 is 12.1 Å². The molecule has 0 saturated carbocycles. The van der Waals surface area contributed by atoms with Gasteiger partial charge in [0.15, 0.2) is 0 Å². The van der Waals surface area contributed by atoms with Crippen molar-refractivity contribution in [2.24, 2.45) is 0 Å². The molecule has 1 N–H and O–H groups in total. The highest BCUT2D eigenvalue weighted by molar-refractivity contribution is 5.90. The quantitative estimate of drug-likeness (QED) is 0.546. The second kappa shape index (κ2) is 9.92. The molecule has 1 aromatic heterocycles. The third-order valence-corrected chi connectivity index (χ3v) is 3.98. The third kappa shape index (κ3) is 7.06. The van der Waals surface area contributed by atoms with Crippen molar-refractivity contribution in [2.45, 2.75) is 52.2 Å². The number of alkyl carbamates (subject to hydrolysis) is 1. The highest BCUT2D eigenvalue weighted by Crippen LogP contribution is 2.20. The fraction of sp³-hybridized carbons (Fsp3) is 0.476. The molecule has 0 radical (unpaired) electrons. The van der Waals surface area contributed by atoms with Gasteiger partial charge in [-0.05, 0) is 57.7 Å². The molecule has 0 fully saturated rings. The molecule has 0 aliphatic heterocycles. The van der Waals surface area contributed by atoms with E-state index in [0.717, 1.165) is 36.9 Å². The Bertz CT molecular complexity index is 793. The molecule has 0 bridgehead atoms. The minimum atomic E-state index is -0.474. The number of esters is 1. The van der Waals surface area contributed by atoms with Crippen LogP contribution in [0.4, 0.5) is 4.79 Å². The summed E-state index contributed by atoms with van der Waals surface area (Å²) in [5.74, 6) is -0.353. The van der Waals surface area contributed by atoms with Crippen molar-refractivity contribution in [2.75, 3.05) is 13.7 Å². The first-order chi connectivity index (χ1) is 13.3. The number of benzene rings is 1. The molecule has 1 amide bonds. The van der Waals surface area contributed by atoms with Gasteiger partial charge in [-0.1, -0.05) is 12.1 Å². The summed E-state index contributed by atoms with van der Waals surface area (Å²) in [5.41, 5.74) is 1.93. The van der Waals surface area contributed by atoms with Crippen LogP contribution in [0.2, 0.25) is 0 Å². The van der Waals surface area contributed by atoms with Gasteiger partial charge < -0.3 is 14.8 Å². The maximum atomic E-state index is 11.7. The van der Waals surface area contributed by atoms with E-state index >= 15 is 0 Å². The molecule has 7 nitrogen and oxygen atoms in total. The molecular weight excluding hydrogens is 358 g/mol. The zero-order valence-electron chi connectivity index (χ0n) is 17.0. The Labute approximate surface area is 166 Å². The van der Waals surface area contributed by atoms with E-state index in [1.807, 2.05) is 43.8 Å². The van der Waals surface area contributed by atoms with Gasteiger partial charge in [0.2, 0.25) is 0 Å². The number of carbonyl (C=O) groups is 2. The maximum Gasteiger partial charge on any atom is 0.407 e. The van der Waals surface area contributed by atoms with Gasteiger partial charge in [-0.15, -0.1) is 0 Å². The molecule has 152 valence electrons. The number of nitrogens with one attached hydrogen (secondary N) is 1. The highest BCUT2D eigenvalue weighted by Gasteiger charge is 2.15. The zero-order chi connectivity index (χ0) is 20.6. The summed E-state index contributed by atoms with van der Waals surface area (Å²) in [5, 5.41) is 7.15. The predicted octanol–water partition coefficient (Wildman–Crippen LogP) is 4.03. The van der Waals surface area contributed by atoms with Crippen molar-refractivity contribution < 1.29 is 19.1 Å². The molecule has 28 heavy (non-hydrogen) atoms. The smallest absolute Gasteiger partial charge is 0.407 e. The fourth-order valence-electron chi connectivity index (χ4n) is 2.66. The van der Waals surface area contributed by atoms with Crippen LogP contribution in [0.25, 0.3) is 11.1 Å². The molecule has 0 atom stereocenters. The Morgan fingerprint density at radius 1 is 1.14 bits per heavy atom. The number of ether oxygens (including phenoxy) is 2. The summed E-state index contributed by atoms with van der Waals surface area (Å²) >= 11 is 0. The van der Waals surface area contributed by atoms with Gasteiger partial charge in [0, 0.05) is 24.8 Å². The molecule has 0 saturated heterocycles. The topological polar surface area (TPSA) is 82.5 Å². The van der Waals surface area contributed by atoms with Crippen molar-refractivity contribution in [3.63, 3.8) is 0 Å². The summed E-state index contributed by atoms with van der Waals surface area (Å²) in [7, 11) is 1.37. The molecule has 0 spiro atoms. The minimum absolute atomic E-state index is 0.353. The first-order valence-corrected chi connectivity index (χ1v) is 9.46.